The molecule has 2 aliphatic carbocycles. The zero-order valence-electron chi connectivity index (χ0n) is 18.4. The normalized spacial score (nSPS) is 18.4. The quantitative estimate of drug-likeness (QED) is 0.299. The molecule has 0 N–H and O–H groups in total. The summed E-state index contributed by atoms with van der Waals surface area (Å²) in [7, 11) is 0. The van der Waals surface area contributed by atoms with Crippen LogP contribution in [0.4, 0.5) is 0 Å². The van der Waals surface area contributed by atoms with Crippen molar-refractivity contribution in [3.8, 4) is 11.1 Å². The SMILES string of the molecule is C1=CC(CCc2ccccc2)(CCC2c3ccccc3-c3ccccc32)c2ccccc21. The molecule has 0 heteroatoms. The highest BCUT2D eigenvalue weighted by atomic mass is 14.4. The van der Waals surface area contributed by atoms with Gasteiger partial charge in [0.1, 0.15) is 0 Å². The number of aryl methyl sites for hydroxylation is 1. The molecule has 0 aliphatic heterocycles. The summed E-state index contributed by atoms with van der Waals surface area (Å²) in [6, 6.07) is 38.0. The highest BCUT2D eigenvalue weighted by Crippen LogP contribution is 2.50. The van der Waals surface area contributed by atoms with Gasteiger partial charge in [0.15, 0.2) is 0 Å². The summed E-state index contributed by atoms with van der Waals surface area (Å²) in [6.45, 7) is 0. The van der Waals surface area contributed by atoms with Gasteiger partial charge in [0, 0.05) is 11.3 Å². The van der Waals surface area contributed by atoms with E-state index in [4.69, 9.17) is 0 Å². The molecule has 0 radical (unpaired) electrons. The molecule has 0 heterocycles. The van der Waals surface area contributed by atoms with Crippen LogP contribution in [0.5, 0.6) is 0 Å². The van der Waals surface area contributed by atoms with Crippen LogP contribution < -0.4 is 0 Å². The second-order valence-corrected chi connectivity index (χ2v) is 9.33. The van der Waals surface area contributed by atoms with Gasteiger partial charge in [0.05, 0.1) is 0 Å². The molecule has 4 aromatic rings. The molecular weight excluding hydrogens is 384 g/mol. The molecule has 32 heavy (non-hydrogen) atoms. The van der Waals surface area contributed by atoms with Gasteiger partial charge in [-0.15, -0.1) is 0 Å². The van der Waals surface area contributed by atoms with Crippen molar-refractivity contribution >= 4 is 6.08 Å². The number of rotatable bonds is 6. The fraction of sp³-hybridized carbons (Fsp3) is 0.188. The van der Waals surface area contributed by atoms with E-state index in [1.165, 1.54) is 51.8 Å². The van der Waals surface area contributed by atoms with E-state index in [1.54, 1.807) is 0 Å². The van der Waals surface area contributed by atoms with E-state index in [1.807, 2.05) is 0 Å². The van der Waals surface area contributed by atoms with Gasteiger partial charge in [0.2, 0.25) is 0 Å². The van der Waals surface area contributed by atoms with Crippen LogP contribution in [0.2, 0.25) is 0 Å². The molecule has 0 saturated heterocycles. The number of hydrogen-bond donors (Lipinski definition) is 0. The highest BCUT2D eigenvalue weighted by molar-refractivity contribution is 5.78. The molecule has 0 saturated carbocycles. The van der Waals surface area contributed by atoms with Crippen LogP contribution in [0, 0.1) is 0 Å². The van der Waals surface area contributed by atoms with Crippen molar-refractivity contribution in [2.75, 3.05) is 0 Å². The van der Waals surface area contributed by atoms with Crippen LogP contribution >= 0.6 is 0 Å². The zero-order chi connectivity index (χ0) is 21.4. The third-order valence-corrected chi connectivity index (χ3v) is 7.62. The van der Waals surface area contributed by atoms with Crippen molar-refractivity contribution in [1.29, 1.82) is 0 Å². The second kappa shape index (κ2) is 7.95. The van der Waals surface area contributed by atoms with E-state index in [0.717, 1.165) is 12.8 Å². The smallest absolute Gasteiger partial charge is 0.0144 e. The van der Waals surface area contributed by atoms with Gasteiger partial charge in [0.25, 0.3) is 0 Å². The van der Waals surface area contributed by atoms with Gasteiger partial charge in [-0.2, -0.15) is 0 Å². The molecule has 0 fully saturated rings. The summed E-state index contributed by atoms with van der Waals surface area (Å²) in [4.78, 5) is 0. The van der Waals surface area contributed by atoms with Crippen LogP contribution in [-0.2, 0) is 11.8 Å². The van der Waals surface area contributed by atoms with Crippen LogP contribution in [0.25, 0.3) is 17.2 Å². The van der Waals surface area contributed by atoms with Crippen molar-refractivity contribution in [3.63, 3.8) is 0 Å². The lowest BCUT2D eigenvalue weighted by atomic mass is 9.72. The first-order valence-corrected chi connectivity index (χ1v) is 11.8. The molecule has 4 aromatic carbocycles. The Bertz CT molecular complexity index is 1230. The highest BCUT2D eigenvalue weighted by Gasteiger charge is 2.36. The van der Waals surface area contributed by atoms with Gasteiger partial charge < -0.3 is 0 Å². The second-order valence-electron chi connectivity index (χ2n) is 9.33. The number of benzene rings is 4. The summed E-state index contributed by atoms with van der Waals surface area (Å²) in [5.74, 6) is 0.483. The predicted octanol–water partition coefficient (Wildman–Crippen LogP) is 8.18. The van der Waals surface area contributed by atoms with Crippen molar-refractivity contribution in [2.45, 2.75) is 37.0 Å². The molecule has 156 valence electrons. The van der Waals surface area contributed by atoms with Crippen molar-refractivity contribution in [2.24, 2.45) is 0 Å². The predicted molar refractivity (Wildman–Crippen MR) is 135 cm³/mol. The third-order valence-electron chi connectivity index (χ3n) is 7.62. The van der Waals surface area contributed by atoms with Crippen molar-refractivity contribution < 1.29 is 0 Å². The maximum absolute atomic E-state index is 2.51. The first-order chi connectivity index (χ1) is 15.8. The van der Waals surface area contributed by atoms with Crippen LogP contribution in [0.3, 0.4) is 0 Å². The minimum Gasteiger partial charge on any atom is -0.0733 e. The zero-order valence-corrected chi connectivity index (χ0v) is 18.4. The van der Waals surface area contributed by atoms with Crippen LogP contribution in [0.1, 0.15) is 53.0 Å². The summed E-state index contributed by atoms with van der Waals surface area (Å²) >= 11 is 0. The van der Waals surface area contributed by atoms with Crippen LogP contribution in [0.15, 0.2) is 109 Å². The topological polar surface area (TPSA) is 0 Å². The molecule has 1 unspecified atom stereocenters. The minimum absolute atomic E-state index is 0.110. The minimum atomic E-state index is 0.110. The maximum Gasteiger partial charge on any atom is 0.0144 e. The lowest BCUT2D eigenvalue weighted by Gasteiger charge is -2.31. The van der Waals surface area contributed by atoms with E-state index in [9.17, 15) is 0 Å². The Hall–Kier alpha value is -3.38. The molecule has 0 nitrogen and oxygen atoms in total. The van der Waals surface area contributed by atoms with Crippen molar-refractivity contribution in [1.82, 2.24) is 0 Å². The number of allylic oxidation sites excluding steroid dienone is 1. The van der Waals surface area contributed by atoms with Crippen molar-refractivity contribution in [3.05, 3.63) is 137 Å². The van der Waals surface area contributed by atoms with E-state index in [2.05, 4.69) is 115 Å². The molecule has 0 spiro atoms. The number of fused-ring (bicyclic) bond motifs is 4. The Kier molecular flexibility index (Phi) is 4.80. The molecule has 0 bridgehead atoms. The summed E-state index contributed by atoms with van der Waals surface area (Å²) in [6.07, 6.45) is 9.46. The third kappa shape index (κ3) is 3.22. The van der Waals surface area contributed by atoms with E-state index >= 15 is 0 Å². The van der Waals surface area contributed by atoms with Crippen LogP contribution in [-0.4, -0.2) is 0 Å². The first kappa shape index (κ1) is 19.3. The molecule has 6 rings (SSSR count). The van der Waals surface area contributed by atoms with Gasteiger partial charge in [-0.3, -0.25) is 0 Å². The molecular formula is C32H28. The Labute approximate surface area is 191 Å². The fourth-order valence-corrected chi connectivity index (χ4v) is 5.98. The standard InChI is InChI=1S/C32H28/c1-2-10-24(11-3-1)18-21-32(22-19-25-12-4-9-17-31(25)32)23-20-30-28-15-7-5-13-26(28)27-14-6-8-16-29(27)30/h1-17,19,22,30H,18,20-21,23H2. The summed E-state index contributed by atoms with van der Waals surface area (Å²) in [5.41, 5.74) is 10.3. The largest absolute Gasteiger partial charge is 0.0733 e. The van der Waals surface area contributed by atoms with Gasteiger partial charge >= 0.3 is 0 Å². The lowest BCUT2D eigenvalue weighted by molar-refractivity contribution is 0.433. The molecule has 1 atom stereocenters. The Balaban J connectivity index is 1.33. The average Bonchev–Trinajstić information content (AvgIpc) is 3.39. The first-order valence-electron chi connectivity index (χ1n) is 11.8. The van der Waals surface area contributed by atoms with Gasteiger partial charge in [-0.1, -0.05) is 115 Å². The molecule has 0 aromatic heterocycles. The molecule has 0 amide bonds. The monoisotopic (exact) mass is 412 g/mol. The Morgan fingerprint density at radius 3 is 1.97 bits per heavy atom. The fourth-order valence-electron chi connectivity index (χ4n) is 5.98. The van der Waals surface area contributed by atoms with E-state index < -0.39 is 0 Å². The van der Waals surface area contributed by atoms with Gasteiger partial charge in [-0.05, 0) is 64.6 Å². The van der Waals surface area contributed by atoms with Gasteiger partial charge in [-0.25, -0.2) is 0 Å². The lowest BCUT2D eigenvalue weighted by Crippen LogP contribution is -2.24. The Morgan fingerprint density at radius 2 is 1.22 bits per heavy atom. The molecule has 2 aliphatic rings. The van der Waals surface area contributed by atoms with E-state index in [0.29, 0.717) is 5.92 Å². The summed E-state index contributed by atoms with van der Waals surface area (Å²) < 4.78 is 0. The number of hydrogen-bond acceptors (Lipinski definition) is 0. The average molecular weight is 413 g/mol. The maximum atomic E-state index is 2.51. The summed E-state index contributed by atoms with van der Waals surface area (Å²) in [5, 5.41) is 0. The Morgan fingerprint density at radius 1 is 0.594 bits per heavy atom. The van der Waals surface area contributed by atoms with E-state index in [-0.39, 0.29) is 5.41 Å².